The molecule has 0 aliphatic heterocycles. The Morgan fingerprint density at radius 1 is 0.861 bits per heavy atom. The Labute approximate surface area is 205 Å². The van der Waals surface area contributed by atoms with E-state index in [1.54, 1.807) is 42.5 Å². The van der Waals surface area contributed by atoms with Gasteiger partial charge >= 0.3 is 5.97 Å². The number of hydrogen-bond donors (Lipinski definition) is 4. The fourth-order valence-corrected chi connectivity index (χ4v) is 3.60. The van der Waals surface area contributed by atoms with E-state index in [1.165, 1.54) is 36.5 Å². The summed E-state index contributed by atoms with van der Waals surface area (Å²) >= 11 is 0. The lowest BCUT2D eigenvalue weighted by Gasteiger charge is -2.13. The van der Waals surface area contributed by atoms with Crippen LogP contribution in [0.5, 0.6) is 0 Å². The third-order valence-electron chi connectivity index (χ3n) is 5.42. The van der Waals surface area contributed by atoms with E-state index < -0.39 is 23.6 Å². The molecular formula is C27H21FN4O4. The molecule has 36 heavy (non-hydrogen) atoms. The summed E-state index contributed by atoms with van der Waals surface area (Å²) in [5.41, 5.74) is 9.01. The average molecular weight is 484 g/mol. The molecule has 8 nitrogen and oxygen atoms in total. The number of nitrogens with two attached hydrogens (primary N) is 1. The number of carboxylic acids is 1. The number of hydrogen-bond acceptors (Lipinski definition) is 5. The highest BCUT2D eigenvalue weighted by molar-refractivity contribution is 6.06. The molecular weight excluding hydrogens is 463 g/mol. The number of carbonyl (C=O) groups excluding carboxylic acids is 2. The second kappa shape index (κ2) is 10.6. The number of carboxylic acid groups (broad SMARTS) is 1. The summed E-state index contributed by atoms with van der Waals surface area (Å²) in [5, 5.41) is 14.4. The number of aromatic nitrogens is 1. The maximum atomic E-state index is 13.9. The van der Waals surface area contributed by atoms with E-state index in [0.717, 1.165) is 11.8 Å². The minimum absolute atomic E-state index is 0.00530. The SMILES string of the molecule is NCc1ccc(C(=O)Nc2ccncc2F)cc1-c1cccc(NC(=O)c2cccc(C(=O)O)c2)c1. The molecule has 0 atom stereocenters. The fraction of sp³-hybridized carbons (Fsp3) is 0.0370. The maximum absolute atomic E-state index is 13.9. The molecule has 0 spiro atoms. The Kier molecular flexibility index (Phi) is 7.12. The predicted molar refractivity (Wildman–Crippen MR) is 133 cm³/mol. The van der Waals surface area contributed by atoms with Crippen molar-refractivity contribution < 1.29 is 23.9 Å². The van der Waals surface area contributed by atoms with Crippen molar-refractivity contribution in [1.29, 1.82) is 0 Å². The van der Waals surface area contributed by atoms with Gasteiger partial charge in [-0.1, -0.05) is 24.3 Å². The number of amides is 2. The molecule has 2 amide bonds. The number of halogens is 1. The summed E-state index contributed by atoms with van der Waals surface area (Å²) in [4.78, 5) is 40.3. The molecule has 1 aromatic heterocycles. The minimum atomic E-state index is -1.13. The first-order valence-electron chi connectivity index (χ1n) is 10.8. The Hall–Kier alpha value is -4.89. The number of nitrogens with zero attached hydrogens (tertiary/aromatic N) is 1. The van der Waals surface area contributed by atoms with Crippen molar-refractivity contribution in [2.75, 3.05) is 10.6 Å². The summed E-state index contributed by atoms with van der Waals surface area (Å²) in [6.45, 7) is 0.203. The molecule has 180 valence electrons. The summed E-state index contributed by atoms with van der Waals surface area (Å²) in [5.74, 6) is -2.76. The topological polar surface area (TPSA) is 134 Å². The highest BCUT2D eigenvalue weighted by atomic mass is 19.1. The van der Waals surface area contributed by atoms with Crippen LogP contribution >= 0.6 is 0 Å². The van der Waals surface area contributed by atoms with Gasteiger partial charge in [0.25, 0.3) is 11.8 Å². The molecule has 5 N–H and O–H groups in total. The average Bonchev–Trinajstić information content (AvgIpc) is 2.89. The van der Waals surface area contributed by atoms with Crippen LogP contribution in [0.4, 0.5) is 15.8 Å². The van der Waals surface area contributed by atoms with Crippen LogP contribution in [-0.2, 0) is 6.54 Å². The van der Waals surface area contributed by atoms with Crippen LogP contribution in [0.15, 0.2) is 85.2 Å². The molecule has 0 saturated carbocycles. The van der Waals surface area contributed by atoms with Gasteiger partial charge in [0.2, 0.25) is 0 Å². The second-order valence-electron chi connectivity index (χ2n) is 7.81. The molecule has 0 radical (unpaired) electrons. The van der Waals surface area contributed by atoms with Crippen LogP contribution < -0.4 is 16.4 Å². The van der Waals surface area contributed by atoms with Gasteiger partial charge in [-0.2, -0.15) is 0 Å². The Morgan fingerprint density at radius 3 is 2.33 bits per heavy atom. The molecule has 9 heteroatoms. The Bertz CT molecular complexity index is 1470. The predicted octanol–water partition coefficient (Wildman–Crippen LogP) is 4.55. The van der Waals surface area contributed by atoms with Crippen molar-refractivity contribution in [3.8, 4) is 11.1 Å². The van der Waals surface area contributed by atoms with E-state index in [-0.39, 0.29) is 23.4 Å². The van der Waals surface area contributed by atoms with Gasteiger partial charge < -0.3 is 21.5 Å². The summed E-state index contributed by atoms with van der Waals surface area (Å²) in [6.07, 6.45) is 2.38. The van der Waals surface area contributed by atoms with Crippen LogP contribution in [-0.4, -0.2) is 27.9 Å². The molecule has 3 aromatic carbocycles. The van der Waals surface area contributed by atoms with Crippen LogP contribution in [0.25, 0.3) is 11.1 Å². The second-order valence-corrected chi connectivity index (χ2v) is 7.81. The van der Waals surface area contributed by atoms with E-state index in [2.05, 4.69) is 15.6 Å². The van der Waals surface area contributed by atoms with Crippen molar-refractivity contribution >= 4 is 29.2 Å². The number of nitrogens with one attached hydrogen (secondary N) is 2. The number of pyridine rings is 1. The summed E-state index contributed by atoms with van der Waals surface area (Å²) in [6, 6.07) is 19.0. The Balaban J connectivity index is 1.60. The zero-order valence-corrected chi connectivity index (χ0v) is 18.9. The fourth-order valence-electron chi connectivity index (χ4n) is 3.60. The van der Waals surface area contributed by atoms with Gasteiger partial charge in [0.15, 0.2) is 5.82 Å². The Morgan fingerprint density at radius 2 is 1.58 bits per heavy atom. The van der Waals surface area contributed by atoms with Gasteiger partial charge in [-0.25, -0.2) is 9.18 Å². The molecule has 0 unspecified atom stereocenters. The van der Waals surface area contributed by atoms with E-state index >= 15 is 0 Å². The van der Waals surface area contributed by atoms with E-state index in [1.807, 2.05) is 0 Å². The standard InChI is InChI=1S/C27H21FN4O4/c28-23-15-30-10-9-24(23)32-26(34)18-7-8-20(14-29)22(13-18)16-3-2-6-21(12-16)31-25(33)17-4-1-5-19(11-17)27(35)36/h1-13,15H,14,29H2,(H,31,33)(H,35,36)(H,30,32,34). The quantitative estimate of drug-likeness (QED) is 0.304. The minimum Gasteiger partial charge on any atom is -0.478 e. The van der Waals surface area contributed by atoms with Gasteiger partial charge in [-0.15, -0.1) is 0 Å². The number of carbonyl (C=O) groups is 3. The molecule has 0 aliphatic rings. The molecule has 4 rings (SSSR count). The maximum Gasteiger partial charge on any atom is 0.335 e. The van der Waals surface area contributed by atoms with Gasteiger partial charge in [-0.3, -0.25) is 14.6 Å². The molecule has 1 heterocycles. The number of anilines is 2. The lowest BCUT2D eigenvalue weighted by molar-refractivity contribution is 0.0696. The zero-order valence-electron chi connectivity index (χ0n) is 18.9. The molecule has 0 saturated heterocycles. The lowest BCUT2D eigenvalue weighted by Crippen LogP contribution is -2.14. The highest BCUT2D eigenvalue weighted by Crippen LogP contribution is 2.28. The molecule has 0 aliphatic carbocycles. The monoisotopic (exact) mass is 484 g/mol. The van der Waals surface area contributed by atoms with Crippen molar-refractivity contribution in [3.63, 3.8) is 0 Å². The molecule has 0 fully saturated rings. The van der Waals surface area contributed by atoms with Gasteiger partial charge in [0, 0.05) is 29.6 Å². The van der Waals surface area contributed by atoms with Gasteiger partial charge in [0.05, 0.1) is 17.4 Å². The molecule has 4 aromatic rings. The smallest absolute Gasteiger partial charge is 0.335 e. The van der Waals surface area contributed by atoms with Crippen molar-refractivity contribution in [2.45, 2.75) is 6.54 Å². The molecule has 0 bridgehead atoms. The third kappa shape index (κ3) is 5.43. The van der Waals surface area contributed by atoms with Crippen LogP contribution in [0.2, 0.25) is 0 Å². The largest absolute Gasteiger partial charge is 0.478 e. The highest BCUT2D eigenvalue weighted by Gasteiger charge is 2.14. The summed E-state index contributed by atoms with van der Waals surface area (Å²) < 4.78 is 13.9. The normalized spacial score (nSPS) is 10.5. The van der Waals surface area contributed by atoms with Crippen molar-refractivity contribution in [1.82, 2.24) is 4.98 Å². The first-order valence-corrected chi connectivity index (χ1v) is 10.8. The van der Waals surface area contributed by atoms with Gasteiger partial charge in [0.1, 0.15) is 0 Å². The van der Waals surface area contributed by atoms with Crippen molar-refractivity contribution in [2.24, 2.45) is 5.73 Å². The van der Waals surface area contributed by atoms with Crippen molar-refractivity contribution in [3.05, 3.63) is 113 Å². The number of aromatic carboxylic acids is 1. The van der Waals surface area contributed by atoms with E-state index in [0.29, 0.717) is 22.4 Å². The zero-order chi connectivity index (χ0) is 25.7. The third-order valence-corrected chi connectivity index (χ3v) is 5.42. The van der Waals surface area contributed by atoms with Gasteiger partial charge in [-0.05, 0) is 65.2 Å². The number of rotatable bonds is 7. The van der Waals surface area contributed by atoms with Crippen LogP contribution in [0.3, 0.4) is 0 Å². The first kappa shape index (κ1) is 24.2. The lowest BCUT2D eigenvalue weighted by atomic mass is 9.96. The first-order chi connectivity index (χ1) is 17.4. The van der Waals surface area contributed by atoms with Crippen LogP contribution in [0.1, 0.15) is 36.6 Å². The van der Waals surface area contributed by atoms with E-state index in [4.69, 9.17) is 10.8 Å². The number of benzene rings is 3. The van der Waals surface area contributed by atoms with Crippen LogP contribution in [0, 0.1) is 5.82 Å². The summed E-state index contributed by atoms with van der Waals surface area (Å²) in [7, 11) is 0. The van der Waals surface area contributed by atoms with E-state index in [9.17, 15) is 18.8 Å².